The van der Waals surface area contributed by atoms with E-state index in [1.807, 2.05) is 18.2 Å². The summed E-state index contributed by atoms with van der Waals surface area (Å²) >= 11 is 0. The van der Waals surface area contributed by atoms with E-state index >= 15 is 0 Å². The second-order valence-corrected chi connectivity index (χ2v) is 3.51. The van der Waals surface area contributed by atoms with Crippen molar-refractivity contribution in [1.29, 1.82) is 0 Å². The monoisotopic (exact) mass is 230 g/mol. The normalized spacial score (nSPS) is 9.94. The molecule has 5 heteroatoms. The Morgan fingerprint density at radius 1 is 1.35 bits per heavy atom. The van der Waals surface area contributed by atoms with Gasteiger partial charge >= 0.3 is 0 Å². The Morgan fingerprint density at radius 2 is 2.24 bits per heavy atom. The summed E-state index contributed by atoms with van der Waals surface area (Å²) in [6, 6.07) is 7.34. The third-order valence-corrected chi connectivity index (χ3v) is 2.36. The molecule has 1 aromatic heterocycles. The van der Waals surface area contributed by atoms with Crippen LogP contribution in [0, 0.1) is 0 Å². The number of hydrogen-bond donors (Lipinski definition) is 2. The Kier molecular flexibility index (Phi) is 3.40. The number of hydrogen-bond acceptors (Lipinski definition) is 5. The zero-order valence-corrected chi connectivity index (χ0v) is 9.55. The van der Waals surface area contributed by atoms with Crippen LogP contribution in [0.1, 0.15) is 5.69 Å². The molecule has 0 saturated carbocycles. The first-order chi connectivity index (χ1) is 8.29. The minimum absolute atomic E-state index is 0.597. The maximum Gasteiger partial charge on any atom is 0.121 e. The van der Waals surface area contributed by atoms with Crippen LogP contribution in [0.5, 0.6) is 5.75 Å². The molecular weight excluding hydrogens is 216 g/mol. The highest BCUT2D eigenvalue weighted by Crippen LogP contribution is 2.24. The minimum Gasteiger partial charge on any atom is -0.497 e. The number of anilines is 2. The van der Waals surface area contributed by atoms with Crippen molar-refractivity contribution in [2.24, 2.45) is 0 Å². The summed E-state index contributed by atoms with van der Waals surface area (Å²) in [4.78, 5) is 7.98. The van der Waals surface area contributed by atoms with Crippen molar-refractivity contribution in [2.45, 2.75) is 6.54 Å². The van der Waals surface area contributed by atoms with Gasteiger partial charge in [0.15, 0.2) is 0 Å². The summed E-state index contributed by atoms with van der Waals surface area (Å²) in [5.74, 6) is 0.768. The Morgan fingerprint density at radius 3 is 2.94 bits per heavy atom. The molecule has 0 saturated heterocycles. The maximum atomic E-state index is 5.86. The molecule has 2 rings (SSSR count). The molecule has 1 heterocycles. The summed E-state index contributed by atoms with van der Waals surface area (Å²) in [6.45, 7) is 0.597. The fourth-order valence-corrected chi connectivity index (χ4v) is 1.42. The number of aromatic nitrogens is 2. The topological polar surface area (TPSA) is 73.1 Å². The van der Waals surface area contributed by atoms with Gasteiger partial charge in [-0.25, -0.2) is 9.97 Å². The molecule has 0 aliphatic rings. The number of methoxy groups -OCH3 is 1. The molecule has 0 amide bonds. The molecule has 0 aliphatic carbocycles. The molecule has 0 fully saturated rings. The van der Waals surface area contributed by atoms with E-state index in [2.05, 4.69) is 15.3 Å². The Balaban J connectivity index is 2.08. The van der Waals surface area contributed by atoms with Crippen molar-refractivity contribution >= 4 is 11.4 Å². The van der Waals surface area contributed by atoms with Gasteiger partial charge in [-0.05, 0) is 18.2 Å². The maximum absolute atomic E-state index is 5.86. The van der Waals surface area contributed by atoms with Gasteiger partial charge < -0.3 is 15.8 Å². The summed E-state index contributed by atoms with van der Waals surface area (Å²) < 4.78 is 5.14. The lowest BCUT2D eigenvalue weighted by molar-refractivity contribution is 0.415. The van der Waals surface area contributed by atoms with Gasteiger partial charge in [0.2, 0.25) is 0 Å². The van der Waals surface area contributed by atoms with Gasteiger partial charge in [0.1, 0.15) is 12.1 Å². The molecule has 5 nitrogen and oxygen atoms in total. The highest BCUT2D eigenvalue weighted by atomic mass is 16.5. The third-order valence-electron chi connectivity index (χ3n) is 2.36. The highest BCUT2D eigenvalue weighted by Gasteiger charge is 2.01. The fourth-order valence-electron chi connectivity index (χ4n) is 1.42. The van der Waals surface area contributed by atoms with Crippen molar-refractivity contribution in [1.82, 2.24) is 9.97 Å². The van der Waals surface area contributed by atoms with Crippen molar-refractivity contribution in [3.05, 3.63) is 42.5 Å². The molecule has 88 valence electrons. The first kappa shape index (κ1) is 11.2. The Hall–Kier alpha value is -2.30. The molecule has 2 aromatic rings. The SMILES string of the molecule is COc1ccc(N)c(NCc2ccncn2)c1. The van der Waals surface area contributed by atoms with Gasteiger partial charge in [0, 0.05) is 12.3 Å². The van der Waals surface area contributed by atoms with Crippen LogP contribution >= 0.6 is 0 Å². The van der Waals surface area contributed by atoms with Crippen LogP contribution in [0.25, 0.3) is 0 Å². The molecule has 0 spiro atoms. The third kappa shape index (κ3) is 2.84. The highest BCUT2D eigenvalue weighted by molar-refractivity contribution is 5.68. The molecule has 1 aromatic carbocycles. The lowest BCUT2D eigenvalue weighted by atomic mass is 10.2. The first-order valence-electron chi connectivity index (χ1n) is 5.22. The fraction of sp³-hybridized carbons (Fsp3) is 0.167. The molecule has 0 bridgehead atoms. The minimum atomic E-state index is 0.597. The van der Waals surface area contributed by atoms with E-state index < -0.39 is 0 Å². The quantitative estimate of drug-likeness (QED) is 0.782. The standard InChI is InChI=1S/C12H14N4O/c1-17-10-2-3-11(13)12(6-10)15-7-9-4-5-14-8-16-9/h2-6,8,15H,7,13H2,1H3. The second kappa shape index (κ2) is 5.16. The van der Waals surface area contributed by atoms with E-state index in [4.69, 9.17) is 10.5 Å². The van der Waals surface area contributed by atoms with Crippen LogP contribution in [0.3, 0.4) is 0 Å². The van der Waals surface area contributed by atoms with Crippen molar-refractivity contribution in [3.63, 3.8) is 0 Å². The smallest absolute Gasteiger partial charge is 0.121 e. The van der Waals surface area contributed by atoms with Gasteiger partial charge in [-0.2, -0.15) is 0 Å². The van der Waals surface area contributed by atoms with Crippen LogP contribution in [0.4, 0.5) is 11.4 Å². The number of nitrogens with two attached hydrogens (primary N) is 1. The van der Waals surface area contributed by atoms with Gasteiger partial charge in [-0.15, -0.1) is 0 Å². The average molecular weight is 230 g/mol. The second-order valence-electron chi connectivity index (χ2n) is 3.51. The van der Waals surface area contributed by atoms with Crippen LogP contribution in [0.15, 0.2) is 36.8 Å². The molecule has 0 atom stereocenters. The van der Waals surface area contributed by atoms with Gasteiger partial charge in [-0.3, -0.25) is 0 Å². The van der Waals surface area contributed by atoms with E-state index in [0.717, 1.165) is 17.1 Å². The summed E-state index contributed by atoms with van der Waals surface area (Å²) in [6.07, 6.45) is 3.23. The van der Waals surface area contributed by atoms with E-state index in [0.29, 0.717) is 12.2 Å². The van der Waals surface area contributed by atoms with Gasteiger partial charge in [0.25, 0.3) is 0 Å². The zero-order chi connectivity index (χ0) is 12.1. The number of ether oxygens (including phenoxy) is 1. The molecular formula is C12H14N4O. The number of benzene rings is 1. The Bertz CT molecular complexity index is 487. The molecule has 0 aliphatic heterocycles. The van der Waals surface area contributed by atoms with Crippen LogP contribution in [0.2, 0.25) is 0 Å². The summed E-state index contributed by atoms with van der Waals surface area (Å²) in [5, 5.41) is 3.21. The first-order valence-corrected chi connectivity index (χ1v) is 5.22. The predicted molar refractivity (Wildman–Crippen MR) is 66.8 cm³/mol. The van der Waals surface area contributed by atoms with Gasteiger partial charge in [-0.1, -0.05) is 0 Å². The van der Waals surface area contributed by atoms with E-state index in [1.165, 1.54) is 6.33 Å². The number of nitrogens with one attached hydrogen (secondary N) is 1. The summed E-state index contributed by atoms with van der Waals surface area (Å²) in [5.41, 5.74) is 8.28. The van der Waals surface area contributed by atoms with E-state index in [-0.39, 0.29) is 0 Å². The molecule has 3 N–H and O–H groups in total. The van der Waals surface area contributed by atoms with Crippen molar-refractivity contribution in [3.8, 4) is 5.75 Å². The number of rotatable bonds is 4. The van der Waals surface area contributed by atoms with Crippen LogP contribution in [-0.4, -0.2) is 17.1 Å². The molecule has 17 heavy (non-hydrogen) atoms. The van der Waals surface area contributed by atoms with Crippen LogP contribution < -0.4 is 15.8 Å². The van der Waals surface area contributed by atoms with E-state index in [1.54, 1.807) is 19.4 Å². The summed E-state index contributed by atoms with van der Waals surface area (Å²) in [7, 11) is 1.62. The lowest BCUT2D eigenvalue weighted by Crippen LogP contribution is -2.04. The predicted octanol–water partition coefficient (Wildman–Crippen LogP) is 1.68. The van der Waals surface area contributed by atoms with E-state index in [9.17, 15) is 0 Å². The molecule has 0 radical (unpaired) electrons. The van der Waals surface area contributed by atoms with Gasteiger partial charge in [0.05, 0.1) is 30.7 Å². The molecule has 0 unspecified atom stereocenters. The van der Waals surface area contributed by atoms with Crippen molar-refractivity contribution in [2.75, 3.05) is 18.2 Å². The lowest BCUT2D eigenvalue weighted by Gasteiger charge is -2.10. The Labute approximate surface area is 99.7 Å². The average Bonchev–Trinajstić information content (AvgIpc) is 2.39. The largest absolute Gasteiger partial charge is 0.497 e. The number of nitrogen functional groups attached to an aromatic ring is 1. The number of nitrogens with zero attached hydrogens (tertiary/aromatic N) is 2. The van der Waals surface area contributed by atoms with Crippen LogP contribution in [-0.2, 0) is 6.54 Å². The van der Waals surface area contributed by atoms with Crippen molar-refractivity contribution < 1.29 is 4.74 Å². The zero-order valence-electron chi connectivity index (χ0n) is 9.55.